The van der Waals surface area contributed by atoms with E-state index in [0.717, 1.165) is 0 Å². The quantitative estimate of drug-likeness (QED) is 0.571. The number of nitrogens with two attached hydrogens (primary N) is 1. The van der Waals surface area contributed by atoms with Crippen molar-refractivity contribution in [2.75, 3.05) is 24.0 Å². The SMILES string of the molecule is CC1(Nc2cc(NN)nc(C(F)(F)F)n2)CCOC1. The molecule has 2 heterocycles. The van der Waals surface area contributed by atoms with Crippen LogP contribution < -0.4 is 16.6 Å². The zero-order valence-corrected chi connectivity index (χ0v) is 10.2. The second-order valence-electron chi connectivity index (χ2n) is 4.59. The molecule has 1 aliphatic rings. The van der Waals surface area contributed by atoms with Crippen molar-refractivity contribution in [2.45, 2.75) is 25.1 Å². The number of anilines is 2. The maximum atomic E-state index is 12.6. The maximum absolute atomic E-state index is 12.6. The monoisotopic (exact) mass is 277 g/mol. The van der Waals surface area contributed by atoms with E-state index in [2.05, 4.69) is 20.7 Å². The summed E-state index contributed by atoms with van der Waals surface area (Å²) in [6.45, 7) is 2.82. The molecule has 1 atom stereocenters. The molecule has 0 aliphatic carbocycles. The van der Waals surface area contributed by atoms with Crippen molar-refractivity contribution in [3.63, 3.8) is 0 Å². The molecular formula is C10H14F3N5O. The summed E-state index contributed by atoms with van der Waals surface area (Å²) in [4.78, 5) is 6.74. The summed E-state index contributed by atoms with van der Waals surface area (Å²) < 4.78 is 43.2. The van der Waals surface area contributed by atoms with E-state index in [1.165, 1.54) is 6.07 Å². The number of hydrogen-bond donors (Lipinski definition) is 3. The summed E-state index contributed by atoms with van der Waals surface area (Å²) in [6, 6.07) is 1.32. The van der Waals surface area contributed by atoms with Crippen LogP contribution in [0.1, 0.15) is 19.2 Å². The van der Waals surface area contributed by atoms with Gasteiger partial charge in [-0.2, -0.15) is 13.2 Å². The minimum absolute atomic E-state index is 0.0586. The van der Waals surface area contributed by atoms with Crippen LogP contribution in [0.2, 0.25) is 0 Å². The van der Waals surface area contributed by atoms with Gasteiger partial charge in [-0.15, -0.1) is 0 Å². The van der Waals surface area contributed by atoms with E-state index in [9.17, 15) is 13.2 Å². The van der Waals surface area contributed by atoms with Gasteiger partial charge in [0.25, 0.3) is 0 Å². The molecule has 6 nitrogen and oxygen atoms in total. The summed E-state index contributed by atoms with van der Waals surface area (Å²) in [5.74, 6) is 3.82. The highest BCUT2D eigenvalue weighted by molar-refractivity contribution is 5.48. The fourth-order valence-electron chi connectivity index (χ4n) is 1.79. The number of nitrogen functional groups attached to an aromatic ring is 1. The first-order valence-corrected chi connectivity index (χ1v) is 5.61. The van der Waals surface area contributed by atoms with Gasteiger partial charge in [-0.1, -0.05) is 0 Å². The van der Waals surface area contributed by atoms with Gasteiger partial charge >= 0.3 is 6.18 Å². The number of ether oxygens (including phenoxy) is 1. The molecule has 4 N–H and O–H groups in total. The van der Waals surface area contributed by atoms with Gasteiger partial charge in [0, 0.05) is 12.7 Å². The predicted molar refractivity (Wildman–Crippen MR) is 62.3 cm³/mol. The highest BCUT2D eigenvalue weighted by Crippen LogP contribution is 2.30. The molecular weight excluding hydrogens is 263 g/mol. The maximum Gasteiger partial charge on any atom is 0.451 e. The summed E-state index contributed by atoms with van der Waals surface area (Å²) in [5, 5.41) is 2.93. The Kier molecular flexibility index (Phi) is 3.50. The summed E-state index contributed by atoms with van der Waals surface area (Å²) in [7, 11) is 0. The lowest BCUT2D eigenvalue weighted by Crippen LogP contribution is -2.35. The lowest BCUT2D eigenvalue weighted by atomic mass is 10.0. The topological polar surface area (TPSA) is 85.1 Å². The first-order chi connectivity index (χ1) is 8.82. The number of nitrogens with zero attached hydrogens (tertiary/aromatic N) is 2. The van der Waals surface area contributed by atoms with Crippen LogP contribution in [-0.4, -0.2) is 28.7 Å². The molecule has 1 aromatic heterocycles. The zero-order chi connectivity index (χ0) is 14.1. The molecule has 1 unspecified atom stereocenters. The second-order valence-corrected chi connectivity index (χ2v) is 4.59. The molecule has 1 saturated heterocycles. The molecule has 0 aromatic carbocycles. The lowest BCUT2D eigenvalue weighted by molar-refractivity contribution is -0.144. The van der Waals surface area contributed by atoms with Gasteiger partial charge in [0.05, 0.1) is 12.1 Å². The van der Waals surface area contributed by atoms with Gasteiger partial charge in [-0.25, -0.2) is 15.8 Å². The van der Waals surface area contributed by atoms with E-state index < -0.39 is 17.5 Å². The number of nitrogens with one attached hydrogen (secondary N) is 2. The molecule has 106 valence electrons. The van der Waals surface area contributed by atoms with E-state index in [1.807, 2.05) is 6.92 Å². The van der Waals surface area contributed by atoms with Gasteiger partial charge in [0.1, 0.15) is 11.6 Å². The van der Waals surface area contributed by atoms with Gasteiger partial charge in [-0.05, 0) is 13.3 Å². The molecule has 1 aromatic rings. The van der Waals surface area contributed by atoms with Crippen molar-refractivity contribution >= 4 is 11.6 Å². The average molecular weight is 277 g/mol. The Labute approximate surface area is 107 Å². The van der Waals surface area contributed by atoms with Gasteiger partial charge < -0.3 is 15.5 Å². The van der Waals surface area contributed by atoms with Crippen LogP contribution in [0.25, 0.3) is 0 Å². The van der Waals surface area contributed by atoms with Gasteiger partial charge in [0.15, 0.2) is 0 Å². The predicted octanol–water partition coefficient (Wildman–Crippen LogP) is 1.37. The summed E-state index contributed by atoms with van der Waals surface area (Å²) >= 11 is 0. The molecule has 1 aliphatic heterocycles. The van der Waals surface area contributed by atoms with Crippen LogP contribution in [0.15, 0.2) is 6.07 Å². The number of aromatic nitrogens is 2. The fourth-order valence-corrected chi connectivity index (χ4v) is 1.79. The summed E-state index contributed by atoms with van der Waals surface area (Å²) in [5.41, 5.74) is 1.65. The summed E-state index contributed by atoms with van der Waals surface area (Å²) in [6.07, 6.45) is -3.94. The molecule has 0 radical (unpaired) electrons. The normalized spacial score (nSPS) is 23.4. The number of rotatable bonds is 3. The fraction of sp³-hybridized carbons (Fsp3) is 0.600. The first-order valence-electron chi connectivity index (χ1n) is 5.61. The van der Waals surface area contributed by atoms with Crippen LogP contribution in [-0.2, 0) is 10.9 Å². The van der Waals surface area contributed by atoms with Crippen molar-refractivity contribution in [1.82, 2.24) is 9.97 Å². The van der Waals surface area contributed by atoms with E-state index in [4.69, 9.17) is 10.6 Å². The number of alkyl halides is 3. The van der Waals surface area contributed by atoms with Crippen molar-refractivity contribution in [2.24, 2.45) is 5.84 Å². The van der Waals surface area contributed by atoms with E-state index in [0.29, 0.717) is 19.6 Å². The van der Waals surface area contributed by atoms with Gasteiger partial charge in [-0.3, -0.25) is 0 Å². The molecule has 19 heavy (non-hydrogen) atoms. The largest absolute Gasteiger partial charge is 0.451 e. The zero-order valence-electron chi connectivity index (χ0n) is 10.2. The third-order valence-corrected chi connectivity index (χ3v) is 2.78. The van der Waals surface area contributed by atoms with Crippen LogP contribution in [0.4, 0.5) is 24.8 Å². The minimum Gasteiger partial charge on any atom is -0.379 e. The van der Waals surface area contributed by atoms with Crippen LogP contribution in [0.3, 0.4) is 0 Å². The van der Waals surface area contributed by atoms with E-state index in [1.54, 1.807) is 0 Å². The Balaban J connectivity index is 2.29. The number of hydrazine groups is 1. The second kappa shape index (κ2) is 4.82. The lowest BCUT2D eigenvalue weighted by Gasteiger charge is -2.24. The number of halogens is 3. The van der Waals surface area contributed by atoms with Gasteiger partial charge in [0.2, 0.25) is 5.82 Å². The highest BCUT2D eigenvalue weighted by atomic mass is 19.4. The average Bonchev–Trinajstić information content (AvgIpc) is 2.74. The molecule has 9 heteroatoms. The van der Waals surface area contributed by atoms with Crippen molar-refractivity contribution in [1.29, 1.82) is 0 Å². The molecule has 1 fully saturated rings. The Morgan fingerprint density at radius 2 is 2.05 bits per heavy atom. The molecule has 0 amide bonds. The molecule has 0 saturated carbocycles. The van der Waals surface area contributed by atoms with Crippen LogP contribution in [0.5, 0.6) is 0 Å². The van der Waals surface area contributed by atoms with Crippen molar-refractivity contribution in [3.05, 3.63) is 11.9 Å². The van der Waals surface area contributed by atoms with Crippen molar-refractivity contribution < 1.29 is 17.9 Å². The molecule has 0 bridgehead atoms. The Hall–Kier alpha value is -1.61. The third-order valence-electron chi connectivity index (χ3n) is 2.78. The molecule has 2 rings (SSSR count). The van der Waals surface area contributed by atoms with E-state index >= 15 is 0 Å². The van der Waals surface area contributed by atoms with Crippen LogP contribution >= 0.6 is 0 Å². The molecule has 0 spiro atoms. The minimum atomic E-state index is -4.63. The third kappa shape index (κ3) is 3.24. The number of hydrogen-bond acceptors (Lipinski definition) is 6. The smallest absolute Gasteiger partial charge is 0.379 e. The Morgan fingerprint density at radius 1 is 1.37 bits per heavy atom. The highest BCUT2D eigenvalue weighted by Gasteiger charge is 2.36. The Morgan fingerprint density at radius 3 is 2.58 bits per heavy atom. The first kappa shape index (κ1) is 13.8. The van der Waals surface area contributed by atoms with Crippen molar-refractivity contribution in [3.8, 4) is 0 Å². The Bertz CT molecular complexity index is 459. The standard InChI is InChI=1S/C10H14F3N5O/c1-9(2-3-19-5-9)17-6-4-7(18-14)16-8(15-6)10(11,12)13/h4H,2-3,5,14H2,1H3,(H2,15,16,17,18). The van der Waals surface area contributed by atoms with E-state index in [-0.39, 0.29) is 11.6 Å². The van der Waals surface area contributed by atoms with Crippen LogP contribution in [0, 0.1) is 0 Å².